The number of hydrogen-bond acceptors (Lipinski definition) is 7. The summed E-state index contributed by atoms with van der Waals surface area (Å²) in [6, 6.07) is 11.3. The molecule has 4 heterocycles. The molecule has 0 aliphatic carbocycles. The van der Waals surface area contributed by atoms with Crippen molar-refractivity contribution in [3.63, 3.8) is 0 Å². The van der Waals surface area contributed by atoms with Crippen molar-refractivity contribution in [2.24, 2.45) is 0 Å². The van der Waals surface area contributed by atoms with Gasteiger partial charge in [-0.2, -0.15) is 0 Å². The maximum absolute atomic E-state index is 13.6. The van der Waals surface area contributed by atoms with Crippen molar-refractivity contribution in [3.8, 4) is 0 Å². The number of anilines is 2. The van der Waals surface area contributed by atoms with E-state index in [2.05, 4.69) is 28.6 Å². The number of carbonyl (C=O) groups excluding carboxylic acids is 2. The van der Waals surface area contributed by atoms with Crippen molar-refractivity contribution < 1.29 is 14.3 Å². The molecular formula is C34H49N7O3. The van der Waals surface area contributed by atoms with Crippen LogP contribution in [0.25, 0.3) is 11.2 Å². The third-order valence-corrected chi connectivity index (χ3v) is 8.65. The number of nitrogens with one attached hydrogen (secondary N) is 1. The number of piperidine rings is 1. The van der Waals surface area contributed by atoms with Gasteiger partial charge >= 0.3 is 0 Å². The lowest BCUT2D eigenvalue weighted by Gasteiger charge is -2.27. The van der Waals surface area contributed by atoms with Crippen LogP contribution < -0.4 is 5.32 Å². The highest BCUT2D eigenvalue weighted by Crippen LogP contribution is 2.24. The lowest BCUT2D eigenvalue weighted by Crippen LogP contribution is -2.40. The number of amides is 2. The molecule has 2 amide bonds. The van der Waals surface area contributed by atoms with Crippen molar-refractivity contribution in [2.75, 3.05) is 64.3 Å². The third kappa shape index (κ3) is 8.15. The first kappa shape index (κ1) is 31.9. The highest BCUT2D eigenvalue weighted by molar-refractivity contribution is 5.95. The lowest BCUT2D eigenvalue weighted by molar-refractivity contribution is 0.0303. The zero-order valence-electron chi connectivity index (χ0n) is 26.6. The SMILES string of the molecule is CCCCN(CCCC)C(=O)c1ccc2nc(Nc3ccc(C(=O)N4CCOCC4)cc3)n(CCCN3CCCCC3)c2n1. The average Bonchev–Trinajstić information content (AvgIpc) is 3.41. The fourth-order valence-electron chi connectivity index (χ4n) is 6.01. The van der Waals surface area contributed by atoms with Gasteiger partial charge in [0.25, 0.3) is 11.8 Å². The van der Waals surface area contributed by atoms with Crippen LogP contribution in [0, 0.1) is 0 Å². The second kappa shape index (κ2) is 16.0. The van der Waals surface area contributed by atoms with Gasteiger partial charge in [-0.25, -0.2) is 9.97 Å². The summed E-state index contributed by atoms with van der Waals surface area (Å²) in [5.41, 5.74) is 3.46. The fourth-order valence-corrected chi connectivity index (χ4v) is 6.01. The number of hydrogen-bond donors (Lipinski definition) is 1. The van der Waals surface area contributed by atoms with Crippen LogP contribution in [0.4, 0.5) is 11.6 Å². The van der Waals surface area contributed by atoms with E-state index < -0.39 is 0 Å². The van der Waals surface area contributed by atoms with Crippen molar-refractivity contribution in [1.82, 2.24) is 29.2 Å². The van der Waals surface area contributed by atoms with E-state index in [4.69, 9.17) is 14.7 Å². The maximum Gasteiger partial charge on any atom is 0.272 e. The number of benzene rings is 1. The number of likely N-dealkylation sites (tertiary alicyclic amines) is 1. The third-order valence-electron chi connectivity index (χ3n) is 8.65. The molecule has 0 radical (unpaired) electrons. The first-order valence-corrected chi connectivity index (χ1v) is 16.7. The first-order valence-electron chi connectivity index (χ1n) is 16.7. The Labute approximate surface area is 261 Å². The van der Waals surface area contributed by atoms with E-state index in [1.165, 1.54) is 19.3 Å². The number of unbranched alkanes of at least 4 members (excludes halogenated alkanes) is 2. The Morgan fingerprint density at radius 2 is 1.55 bits per heavy atom. The highest BCUT2D eigenvalue weighted by atomic mass is 16.5. The Morgan fingerprint density at radius 1 is 0.841 bits per heavy atom. The first-order chi connectivity index (χ1) is 21.6. The van der Waals surface area contributed by atoms with Crippen LogP contribution in [0.5, 0.6) is 0 Å². The maximum atomic E-state index is 13.6. The van der Waals surface area contributed by atoms with Crippen LogP contribution in [0.3, 0.4) is 0 Å². The second-order valence-corrected chi connectivity index (χ2v) is 12.0. The number of rotatable bonds is 14. The van der Waals surface area contributed by atoms with Crippen LogP contribution in [-0.4, -0.2) is 100 Å². The summed E-state index contributed by atoms with van der Waals surface area (Å²) in [7, 11) is 0. The van der Waals surface area contributed by atoms with E-state index in [1.807, 2.05) is 46.2 Å². The number of fused-ring (bicyclic) bond motifs is 1. The van der Waals surface area contributed by atoms with Crippen LogP contribution >= 0.6 is 0 Å². The minimum atomic E-state index is -0.00935. The molecule has 0 saturated carbocycles. The number of imidazole rings is 1. The van der Waals surface area contributed by atoms with Gasteiger partial charge in [0, 0.05) is 44.0 Å². The topological polar surface area (TPSA) is 95.8 Å². The molecule has 2 aromatic heterocycles. The molecule has 0 atom stereocenters. The van der Waals surface area contributed by atoms with Crippen LogP contribution in [0.2, 0.25) is 0 Å². The molecule has 44 heavy (non-hydrogen) atoms. The molecule has 238 valence electrons. The summed E-state index contributed by atoms with van der Waals surface area (Å²) in [6.45, 7) is 12.3. The van der Waals surface area contributed by atoms with E-state index in [0.717, 1.165) is 88.2 Å². The van der Waals surface area contributed by atoms with Gasteiger partial charge in [-0.1, -0.05) is 33.1 Å². The average molecular weight is 604 g/mol. The Morgan fingerprint density at radius 3 is 2.23 bits per heavy atom. The minimum absolute atomic E-state index is 0.00935. The van der Waals surface area contributed by atoms with Gasteiger partial charge in [-0.05, 0) is 88.1 Å². The van der Waals surface area contributed by atoms with Gasteiger partial charge in [0.05, 0.1) is 13.2 Å². The summed E-state index contributed by atoms with van der Waals surface area (Å²) < 4.78 is 7.51. The monoisotopic (exact) mass is 603 g/mol. The number of pyridine rings is 1. The van der Waals surface area contributed by atoms with Crippen molar-refractivity contribution in [3.05, 3.63) is 47.7 Å². The standard InChI is InChI=1S/C34H49N7O3/c1-3-5-20-39(21-6-4-2)33(43)30-16-15-29-31(36-30)41(22-10-19-38-17-8-7-9-18-38)34(37-29)35-28-13-11-27(12-14-28)32(42)40-23-25-44-26-24-40/h11-16H,3-10,17-26H2,1-2H3,(H,35,37). The molecule has 2 fully saturated rings. The lowest BCUT2D eigenvalue weighted by atomic mass is 10.1. The smallest absolute Gasteiger partial charge is 0.272 e. The van der Waals surface area contributed by atoms with Gasteiger partial charge in [0.15, 0.2) is 5.65 Å². The van der Waals surface area contributed by atoms with Gasteiger partial charge in [-0.3, -0.25) is 14.2 Å². The normalized spacial score (nSPS) is 15.9. The molecule has 3 aromatic rings. The zero-order chi connectivity index (χ0) is 30.7. The Balaban J connectivity index is 1.38. The van der Waals surface area contributed by atoms with Crippen LogP contribution in [0.15, 0.2) is 36.4 Å². The largest absolute Gasteiger partial charge is 0.378 e. The minimum Gasteiger partial charge on any atom is -0.378 e. The second-order valence-electron chi connectivity index (χ2n) is 12.0. The molecule has 2 saturated heterocycles. The summed E-state index contributed by atoms with van der Waals surface area (Å²) in [4.78, 5) is 42.7. The molecule has 10 nitrogen and oxygen atoms in total. The van der Waals surface area contributed by atoms with Crippen molar-refractivity contribution in [2.45, 2.75) is 71.8 Å². The number of aromatic nitrogens is 3. The molecule has 2 aliphatic heterocycles. The Kier molecular flexibility index (Phi) is 11.6. The number of carbonyl (C=O) groups is 2. The molecule has 0 bridgehead atoms. The highest BCUT2D eigenvalue weighted by Gasteiger charge is 2.21. The number of nitrogens with zero attached hydrogens (tertiary/aromatic N) is 6. The summed E-state index contributed by atoms with van der Waals surface area (Å²) in [5, 5.41) is 3.48. The van der Waals surface area contributed by atoms with Crippen LogP contribution in [-0.2, 0) is 11.3 Å². The number of morpholine rings is 1. The number of aryl methyl sites for hydroxylation is 1. The molecule has 5 rings (SSSR count). The molecule has 0 unspecified atom stereocenters. The Bertz CT molecular complexity index is 1350. The zero-order valence-corrected chi connectivity index (χ0v) is 26.6. The van der Waals surface area contributed by atoms with Gasteiger partial charge in [0.2, 0.25) is 5.95 Å². The molecule has 1 aromatic carbocycles. The van der Waals surface area contributed by atoms with E-state index >= 15 is 0 Å². The molecule has 10 heteroatoms. The summed E-state index contributed by atoms with van der Waals surface area (Å²) >= 11 is 0. The fraction of sp³-hybridized carbons (Fsp3) is 0.588. The molecule has 2 aliphatic rings. The van der Waals surface area contributed by atoms with E-state index in [0.29, 0.717) is 43.5 Å². The quantitative estimate of drug-likeness (QED) is 0.258. The van der Waals surface area contributed by atoms with Gasteiger partial charge in [-0.15, -0.1) is 0 Å². The number of ether oxygens (including phenoxy) is 1. The van der Waals surface area contributed by atoms with E-state index in [9.17, 15) is 9.59 Å². The summed E-state index contributed by atoms with van der Waals surface area (Å²) in [6.07, 6.45) is 8.88. The van der Waals surface area contributed by atoms with Gasteiger partial charge < -0.3 is 24.8 Å². The predicted molar refractivity (Wildman–Crippen MR) is 175 cm³/mol. The molecule has 1 N–H and O–H groups in total. The summed E-state index contributed by atoms with van der Waals surface area (Å²) in [5.74, 6) is 0.708. The van der Waals surface area contributed by atoms with E-state index in [1.54, 1.807) is 0 Å². The van der Waals surface area contributed by atoms with Crippen molar-refractivity contribution >= 4 is 34.6 Å². The molecular weight excluding hydrogens is 554 g/mol. The van der Waals surface area contributed by atoms with Crippen molar-refractivity contribution in [1.29, 1.82) is 0 Å². The molecule has 0 spiro atoms. The van der Waals surface area contributed by atoms with E-state index in [-0.39, 0.29) is 11.8 Å². The van der Waals surface area contributed by atoms with Crippen LogP contribution in [0.1, 0.15) is 86.1 Å². The predicted octanol–water partition coefficient (Wildman–Crippen LogP) is 5.57. The van der Waals surface area contributed by atoms with Gasteiger partial charge in [0.1, 0.15) is 11.2 Å². The Hall–Kier alpha value is -3.50.